The van der Waals surface area contributed by atoms with Crippen molar-refractivity contribution in [1.29, 1.82) is 0 Å². The van der Waals surface area contributed by atoms with Crippen LogP contribution in [0.4, 0.5) is 5.69 Å². The predicted molar refractivity (Wildman–Crippen MR) is 166 cm³/mol. The van der Waals surface area contributed by atoms with Crippen LogP contribution < -0.4 is 10.2 Å². The Morgan fingerprint density at radius 1 is 0.923 bits per heavy atom. The van der Waals surface area contributed by atoms with Crippen LogP contribution in [0.25, 0.3) is 0 Å². The van der Waals surface area contributed by atoms with Crippen molar-refractivity contribution in [2.75, 3.05) is 44.2 Å². The molecule has 3 heterocycles. The molecular weight excluding hydrogens is 532 g/mol. The van der Waals surface area contributed by atoms with Crippen molar-refractivity contribution in [3.63, 3.8) is 0 Å². The van der Waals surface area contributed by atoms with Gasteiger partial charge in [0.25, 0.3) is 5.91 Å². The zero-order valence-corrected chi connectivity index (χ0v) is 24.7. The third kappa shape index (κ3) is 7.31. The van der Waals surface area contributed by atoms with Crippen molar-refractivity contribution in [2.45, 2.75) is 84.0 Å². The smallest absolute Gasteiger partial charge is 0.251 e. The zero-order chi connectivity index (χ0) is 25.2. The Morgan fingerprint density at radius 3 is 2.18 bits per heavy atom. The molecule has 3 atom stereocenters. The van der Waals surface area contributed by atoms with E-state index in [1.165, 1.54) is 6.42 Å². The van der Waals surface area contributed by atoms with E-state index in [1.54, 1.807) is 4.90 Å². The summed E-state index contributed by atoms with van der Waals surface area (Å²) in [6.45, 7) is 9.08. The van der Waals surface area contributed by atoms with Gasteiger partial charge in [-0.25, -0.2) is 0 Å². The molecule has 1 N–H and O–H groups in total. The van der Waals surface area contributed by atoms with Gasteiger partial charge in [-0.15, -0.1) is 0 Å². The number of hydrogen-bond donors (Lipinski definition) is 1. The maximum atomic E-state index is 13.7. The molecule has 8 nitrogen and oxygen atoms in total. The first kappa shape index (κ1) is 33.5. The average molecular weight is 581 g/mol. The third-order valence-electron chi connectivity index (χ3n) is 8.61. The molecule has 220 valence electrons. The van der Waals surface area contributed by atoms with Gasteiger partial charge in [0.1, 0.15) is 18.7 Å². The minimum absolute atomic E-state index is 0. The second-order valence-corrected chi connectivity index (χ2v) is 11.1. The van der Waals surface area contributed by atoms with E-state index in [0.717, 1.165) is 57.5 Å². The second-order valence-electron chi connectivity index (χ2n) is 11.1. The van der Waals surface area contributed by atoms with Crippen LogP contribution in [0.5, 0.6) is 0 Å². The van der Waals surface area contributed by atoms with Crippen molar-refractivity contribution in [1.82, 2.24) is 15.1 Å². The lowest BCUT2D eigenvalue weighted by atomic mass is 9.83. The number of nitrogens with zero attached hydrogens (tertiary/aromatic N) is 3. The minimum Gasteiger partial charge on any atom is -0.369 e. The maximum absolute atomic E-state index is 13.7. The lowest BCUT2D eigenvalue weighted by molar-refractivity contribution is -0.139. The van der Waals surface area contributed by atoms with E-state index in [-0.39, 0.29) is 70.6 Å². The highest BCUT2D eigenvalue weighted by atomic mass is 32.1. The van der Waals surface area contributed by atoms with Gasteiger partial charge < -0.3 is 19.9 Å². The first-order valence-electron chi connectivity index (χ1n) is 13.8. The summed E-state index contributed by atoms with van der Waals surface area (Å²) in [6.07, 6.45) is 5.63. The van der Waals surface area contributed by atoms with Crippen LogP contribution in [0.2, 0.25) is 0 Å². The van der Waals surface area contributed by atoms with E-state index in [0.29, 0.717) is 24.6 Å². The number of nitrogens with one attached hydrogen (secondary N) is 1. The van der Waals surface area contributed by atoms with Gasteiger partial charge in [-0.3, -0.25) is 19.3 Å². The van der Waals surface area contributed by atoms with Gasteiger partial charge in [0.15, 0.2) is 5.78 Å². The molecular formula is C29H48N4O4S2. The van der Waals surface area contributed by atoms with Crippen molar-refractivity contribution < 1.29 is 19.1 Å². The normalized spacial score (nSPS) is 24.3. The number of carbonyl (C=O) groups is 3. The monoisotopic (exact) mass is 580 g/mol. The SMILES string of the molecule is C.CC(C)N1CCN(c2ccc(C(=O)N[C@H](C(=O)N3CC[C@H]4OCC(=O)[C@H]43)C3CCCCC3)cc2)CC1.S.S. The number of benzene rings is 1. The van der Waals surface area contributed by atoms with Crippen LogP contribution in [0.1, 0.15) is 70.2 Å². The predicted octanol–water partition coefficient (Wildman–Crippen LogP) is 3.33. The zero-order valence-electron chi connectivity index (χ0n) is 22.7. The lowest BCUT2D eigenvalue weighted by Gasteiger charge is -2.38. The molecule has 10 heteroatoms. The first-order valence-corrected chi connectivity index (χ1v) is 13.8. The maximum Gasteiger partial charge on any atom is 0.251 e. The first-order chi connectivity index (χ1) is 17.4. The number of rotatable bonds is 6. The Kier molecular flexibility index (Phi) is 12.7. The van der Waals surface area contributed by atoms with Gasteiger partial charge in [0, 0.05) is 50.0 Å². The molecule has 0 aromatic heterocycles. The highest BCUT2D eigenvalue weighted by molar-refractivity contribution is 7.59. The van der Waals surface area contributed by atoms with Gasteiger partial charge in [0.2, 0.25) is 5.91 Å². The Morgan fingerprint density at radius 2 is 1.56 bits per heavy atom. The Balaban J connectivity index is 0.00000178. The Bertz CT molecular complexity index is 963. The summed E-state index contributed by atoms with van der Waals surface area (Å²) < 4.78 is 5.59. The Hall–Kier alpha value is -1.75. The molecule has 0 unspecified atom stereocenters. The molecule has 3 aliphatic heterocycles. The van der Waals surface area contributed by atoms with E-state index in [4.69, 9.17) is 4.74 Å². The summed E-state index contributed by atoms with van der Waals surface area (Å²) in [5.41, 5.74) is 1.69. The number of likely N-dealkylation sites (tertiary alicyclic amines) is 1. The van der Waals surface area contributed by atoms with Crippen LogP contribution in [0.3, 0.4) is 0 Å². The summed E-state index contributed by atoms with van der Waals surface area (Å²) in [7, 11) is 0. The molecule has 0 spiro atoms. The summed E-state index contributed by atoms with van der Waals surface area (Å²) >= 11 is 0. The van der Waals surface area contributed by atoms with Crippen molar-refractivity contribution in [3.8, 4) is 0 Å². The second kappa shape index (κ2) is 14.8. The molecule has 1 aromatic rings. The van der Waals surface area contributed by atoms with E-state index >= 15 is 0 Å². The van der Waals surface area contributed by atoms with Gasteiger partial charge in [-0.1, -0.05) is 26.7 Å². The van der Waals surface area contributed by atoms with Crippen LogP contribution in [0, 0.1) is 5.92 Å². The molecule has 2 amide bonds. The lowest BCUT2D eigenvalue weighted by Crippen LogP contribution is -2.55. The standard InChI is InChI=1S/C28H40N4O4.CH4.2H2S/c1-19(2)30-14-16-31(17-15-30)22-10-8-21(9-11-22)27(34)29-25(20-6-4-3-5-7-20)28(35)32-13-12-24-26(32)23(33)18-36-24;;;/h8-11,19-20,24-26H,3-7,12-18H2,1-2H3,(H,29,34);1H4;2*1H2/t24-,25+,26-;;;/m1.../s1. The van der Waals surface area contributed by atoms with E-state index < -0.39 is 12.1 Å². The molecule has 4 aliphatic rings. The number of Topliss-reactive ketones (excluding diaryl/α,β-unsaturated/α-hetero) is 1. The molecule has 1 aromatic carbocycles. The fraction of sp³-hybridized carbons (Fsp3) is 0.690. The third-order valence-corrected chi connectivity index (χ3v) is 8.61. The minimum atomic E-state index is -0.603. The quantitative estimate of drug-likeness (QED) is 0.556. The topological polar surface area (TPSA) is 82.2 Å². The highest BCUT2D eigenvalue weighted by Gasteiger charge is 2.49. The van der Waals surface area contributed by atoms with E-state index in [1.807, 2.05) is 24.3 Å². The van der Waals surface area contributed by atoms with Crippen molar-refractivity contribution in [3.05, 3.63) is 29.8 Å². The van der Waals surface area contributed by atoms with E-state index in [2.05, 4.69) is 29.0 Å². The molecule has 1 aliphatic carbocycles. The molecule has 5 rings (SSSR count). The number of ether oxygens (including phenoxy) is 1. The number of amides is 2. The largest absolute Gasteiger partial charge is 0.369 e. The Labute approximate surface area is 248 Å². The van der Waals surface area contributed by atoms with Gasteiger partial charge in [0.05, 0.1) is 6.10 Å². The number of fused-ring (bicyclic) bond motifs is 1. The molecule has 0 radical (unpaired) electrons. The van der Waals surface area contributed by atoms with Crippen molar-refractivity contribution in [2.24, 2.45) is 5.92 Å². The fourth-order valence-corrected chi connectivity index (χ4v) is 6.41. The van der Waals surface area contributed by atoms with Gasteiger partial charge in [-0.2, -0.15) is 27.0 Å². The number of anilines is 1. The van der Waals surface area contributed by atoms with E-state index in [9.17, 15) is 14.4 Å². The molecule has 39 heavy (non-hydrogen) atoms. The van der Waals surface area contributed by atoms with Crippen molar-refractivity contribution >= 4 is 50.3 Å². The molecule has 1 saturated carbocycles. The number of hydrogen-bond acceptors (Lipinski definition) is 6. The highest BCUT2D eigenvalue weighted by Crippen LogP contribution is 2.32. The van der Waals surface area contributed by atoms with Crippen LogP contribution in [0.15, 0.2) is 24.3 Å². The molecule has 3 saturated heterocycles. The number of piperazine rings is 1. The van der Waals surface area contributed by atoms with Gasteiger partial charge in [-0.05, 0) is 63.3 Å². The van der Waals surface area contributed by atoms with Crippen LogP contribution in [-0.4, -0.2) is 91.0 Å². The summed E-state index contributed by atoms with van der Waals surface area (Å²) in [5.74, 6) is -0.270. The average Bonchev–Trinajstić information content (AvgIpc) is 3.50. The van der Waals surface area contributed by atoms with Crippen LogP contribution in [-0.2, 0) is 14.3 Å². The van der Waals surface area contributed by atoms with Crippen LogP contribution >= 0.6 is 27.0 Å². The number of ketones is 1. The summed E-state index contributed by atoms with van der Waals surface area (Å²) in [4.78, 5) is 46.0. The van der Waals surface area contributed by atoms with Gasteiger partial charge >= 0.3 is 0 Å². The summed E-state index contributed by atoms with van der Waals surface area (Å²) in [5, 5.41) is 3.09. The number of carbonyl (C=O) groups excluding carboxylic acids is 3. The summed E-state index contributed by atoms with van der Waals surface area (Å²) in [6, 6.07) is 7.21. The fourth-order valence-electron chi connectivity index (χ4n) is 6.41. The molecule has 4 fully saturated rings. The molecule has 0 bridgehead atoms.